The zero-order valence-electron chi connectivity index (χ0n) is 10.0. The molecule has 0 aliphatic rings. The minimum absolute atomic E-state index is 0.0142. The van der Waals surface area contributed by atoms with Crippen LogP contribution < -0.4 is 0 Å². The smallest absolute Gasteiger partial charge is 0.222 e. The second-order valence-corrected chi connectivity index (χ2v) is 3.98. The monoisotopic (exact) mass is 223 g/mol. The minimum Gasteiger partial charge on any atom is -0.339 e. The number of carbonyl (C=O) groups excluding carboxylic acids is 1. The molecule has 1 rings (SSSR count). The van der Waals surface area contributed by atoms with Crippen molar-refractivity contribution in [3.8, 4) is 0 Å². The predicted octanol–water partition coefficient (Wildman–Crippen LogP) is 3.15. The molecule has 3 heteroatoms. The molecule has 1 aromatic rings. The van der Waals surface area contributed by atoms with Gasteiger partial charge in [-0.15, -0.1) is 0 Å². The normalized spacial score (nSPS) is 12.2. The molecule has 88 valence electrons. The highest BCUT2D eigenvalue weighted by atomic mass is 19.1. The highest BCUT2D eigenvalue weighted by Gasteiger charge is 2.16. The average Bonchev–Trinajstić information content (AvgIpc) is 2.28. The number of carbonyl (C=O) groups is 1. The molecule has 1 aromatic carbocycles. The van der Waals surface area contributed by atoms with Gasteiger partial charge in [0.25, 0.3) is 0 Å². The number of hydrogen-bond acceptors (Lipinski definition) is 1. The van der Waals surface area contributed by atoms with Gasteiger partial charge in [0.15, 0.2) is 0 Å². The van der Waals surface area contributed by atoms with Crippen LogP contribution in [0, 0.1) is 5.82 Å². The summed E-state index contributed by atoms with van der Waals surface area (Å²) in [6, 6.07) is 6.26. The van der Waals surface area contributed by atoms with Crippen molar-refractivity contribution in [3.05, 3.63) is 35.6 Å². The van der Waals surface area contributed by atoms with E-state index in [1.54, 1.807) is 24.1 Å². The topological polar surface area (TPSA) is 20.3 Å². The number of nitrogens with zero attached hydrogens (tertiary/aromatic N) is 1. The first kappa shape index (κ1) is 12.7. The van der Waals surface area contributed by atoms with Crippen molar-refractivity contribution in [3.63, 3.8) is 0 Å². The molecule has 0 heterocycles. The lowest BCUT2D eigenvalue weighted by atomic mass is 10.1. The van der Waals surface area contributed by atoms with Crippen LogP contribution >= 0.6 is 0 Å². The second-order valence-electron chi connectivity index (χ2n) is 3.98. The van der Waals surface area contributed by atoms with Crippen LogP contribution in [0.5, 0.6) is 0 Å². The first-order chi connectivity index (χ1) is 7.56. The Morgan fingerprint density at radius 3 is 2.44 bits per heavy atom. The summed E-state index contributed by atoms with van der Waals surface area (Å²) in [5, 5.41) is 0. The van der Waals surface area contributed by atoms with Crippen molar-refractivity contribution in [1.82, 2.24) is 4.90 Å². The number of halogens is 1. The van der Waals surface area contributed by atoms with E-state index in [-0.39, 0.29) is 17.8 Å². The molecule has 0 spiro atoms. The van der Waals surface area contributed by atoms with E-state index >= 15 is 0 Å². The van der Waals surface area contributed by atoms with E-state index in [0.29, 0.717) is 6.42 Å². The number of rotatable bonds is 4. The Kier molecular flexibility index (Phi) is 4.47. The predicted molar refractivity (Wildman–Crippen MR) is 62.5 cm³/mol. The zero-order chi connectivity index (χ0) is 12.1. The van der Waals surface area contributed by atoms with E-state index in [0.717, 1.165) is 12.0 Å². The Morgan fingerprint density at radius 1 is 1.38 bits per heavy atom. The standard InChI is InChI=1S/C13H18FNO/c1-4-5-13(16)15(3)10(2)11-6-8-12(14)9-7-11/h6-10H,4-5H2,1-3H3. The van der Waals surface area contributed by atoms with E-state index in [1.807, 2.05) is 13.8 Å². The lowest BCUT2D eigenvalue weighted by Crippen LogP contribution is -2.29. The fourth-order valence-corrected chi connectivity index (χ4v) is 1.57. The van der Waals surface area contributed by atoms with E-state index in [2.05, 4.69) is 0 Å². The molecule has 0 bridgehead atoms. The Bertz CT molecular complexity index is 347. The molecule has 1 atom stereocenters. The SMILES string of the molecule is CCCC(=O)N(C)C(C)c1ccc(F)cc1. The molecule has 1 amide bonds. The van der Waals surface area contributed by atoms with Crippen LogP contribution in [0.25, 0.3) is 0 Å². The van der Waals surface area contributed by atoms with Crippen LogP contribution in [0.2, 0.25) is 0 Å². The van der Waals surface area contributed by atoms with Gasteiger partial charge in [0.2, 0.25) is 5.91 Å². The maximum atomic E-state index is 12.7. The Hall–Kier alpha value is -1.38. The molecule has 16 heavy (non-hydrogen) atoms. The summed E-state index contributed by atoms with van der Waals surface area (Å²) in [4.78, 5) is 13.4. The van der Waals surface area contributed by atoms with Crippen molar-refractivity contribution in [1.29, 1.82) is 0 Å². The summed E-state index contributed by atoms with van der Waals surface area (Å²) in [7, 11) is 1.78. The largest absolute Gasteiger partial charge is 0.339 e. The third kappa shape index (κ3) is 3.05. The van der Waals surface area contributed by atoms with Crippen molar-refractivity contribution in [2.45, 2.75) is 32.7 Å². The highest BCUT2D eigenvalue weighted by Crippen LogP contribution is 2.19. The Morgan fingerprint density at radius 2 is 1.94 bits per heavy atom. The van der Waals surface area contributed by atoms with Gasteiger partial charge in [-0.3, -0.25) is 4.79 Å². The fourth-order valence-electron chi connectivity index (χ4n) is 1.57. The molecule has 0 radical (unpaired) electrons. The maximum Gasteiger partial charge on any atom is 0.222 e. The van der Waals surface area contributed by atoms with Crippen LogP contribution in [0.1, 0.15) is 38.3 Å². The molecule has 0 aliphatic carbocycles. The summed E-state index contributed by atoms with van der Waals surface area (Å²) >= 11 is 0. The van der Waals surface area contributed by atoms with Crippen LogP contribution in [0.3, 0.4) is 0 Å². The quantitative estimate of drug-likeness (QED) is 0.767. The van der Waals surface area contributed by atoms with Gasteiger partial charge in [-0.1, -0.05) is 19.1 Å². The number of benzene rings is 1. The number of hydrogen-bond donors (Lipinski definition) is 0. The second kappa shape index (κ2) is 5.64. The molecule has 0 aromatic heterocycles. The Balaban J connectivity index is 2.73. The van der Waals surface area contributed by atoms with Crippen LogP contribution in [0.4, 0.5) is 4.39 Å². The van der Waals surface area contributed by atoms with Crippen molar-refractivity contribution in [2.75, 3.05) is 7.05 Å². The summed E-state index contributed by atoms with van der Waals surface area (Å²) in [6.07, 6.45) is 1.40. The third-order valence-corrected chi connectivity index (χ3v) is 2.79. The van der Waals surface area contributed by atoms with Gasteiger partial charge in [-0.2, -0.15) is 0 Å². The van der Waals surface area contributed by atoms with Crippen molar-refractivity contribution in [2.24, 2.45) is 0 Å². The molecule has 0 saturated heterocycles. The first-order valence-corrected chi connectivity index (χ1v) is 5.57. The fraction of sp³-hybridized carbons (Fsp3) is 0.462. The summed E-state index contributed by atoms with van der Waals surface area (Å²) in [6.45, 7) is 3.93. The summed E-state index contributed by atoms with van der Waals surface area (Å²) < 4.78 is 12.7. The lowest BCUT2D eigenvalue weighted by Gasteiger charge is -2.25. The molecule has 0 saturated carbocycles. The third-order valence-electron chi connectivity index (χ3n) is 2.79. The lowest BCUT2D eigenvalue weighted by molar-refractivity contribution is -0.131. The average molecular weight is 223 g/mol. The van der Waals surface area contributed by atoms with E-state index < -0.39 is 0 Å². The minimum atomic E-state index is -0.251. The van der Waals surface area contributed by atoms with E-state index in [9.17, 15) is 9.18 Å². The molecule has 0 fully saturated rings. The van der Waals surface area contributed by atoms with Gasteiger partial charge >= 0.3 is 0 Å². The highest BCUT2D eigenvalue weighted by molar-refractivity contribution is 5.76. The van der Waals surface area contributed by atoms with Gasteiger partial charge in [-0.05, 0) is 31.0 Å². The summed E-state index contributed by atoms with van der Waals surface area (Å²) in [5.74, 6) is -0.127. The molecule has 0 N–H and O–H groups in total. The molecular formula is C13H18FNO. The molecule has 0 aliphatic heterocycles. The van der Waals surface area contributed by atoms with E-state index in [4.69, 9.17) is 0 Å². The maximum absolute atomic E-state index is 12.7. The summed E-state index contributed by atoms with van der Waals surface area (Å²) in [5.41, 5.74) is 0.952. The van der Waals surface area contributed by atoms with Gasteiger partial charge in [0.1, 0.15) is 5.82 Å². The van der Waals surface area contributed by atoms with Gasteiger partial charge in [-0.25, -0.2) is 4.39 Å². The molecule has 2 nitrogen and oxygen atoms in total. The molecular weight excluding hydrogens is 205 g/mol. The first-order valence-electron chi connectivity index (χ1n) is 5.57. The van der Waals surface area contributed by atoms with Gasteiger partial charge in [0, 0.05) is 13.5 Å². The molecule has 1 unspecified atom stereocenters. The van der Waals surface area contributed by atoms with Crippen LogP contribution in [-0.2, 0) is 4.79 Å². The zero-order valence-corrected chi connectivity index (χ0v) is 10.0. The van der Waals surface area contributed by atoms with Crippen molar-refractivity contribution >= 4 is 5.91 Å². The van der Waals surface area contributed by atoms with Crippen molar-refractivity contribution < 1.29 is 9.18 Å². The van der Waals surface area contributed by atoms with Gasteiger partial charge < -0.3 is 4.90 Å². The van der Waals surface area contributed by atoms with E-state index in [1.165, 1.54) is 12.1 Å². The van der Waals surface area contributed by atoms with Crippen LogP contribution in [0.15, 0.2) is 24.3 Å². The Labute approximate surface area is 96.1 Å². The van der Waals surface area contributed by atoms with Gasteiger partial charge in [0.05, 0.1) is 6.04 Å². The number of amides is 1. The van der Waals surface area contributed by atoms with Crippen LogP contribution in [-0.4, -0.2) is 17.9 Å².